The van der Waals surface area contributed by atoms with Gasteiger partial charge in [-0.05, 0) is 55.5 Å². The Morgan fingerprint density at radius 2 is 1.67 bits per heavy atom. The first-order valence-corrected chi connectivity index (χ1v) is 7.62. The Labute approximate surface area is 141 Å². The van der Waals surface area contributed by atoms with Crippen molar-refractivity contribution in [2.75, 3.05) is 25.1 Å². The van der Waals surface area contributed by atoms with Crippen LogP contribution in [0.25, 0.3) is 0 Å². The second-order valence-electron chi connectivity index (χ2n) is 4.82. The van der Waals surface area contributed by atoms with Crippen LogP contribution < -0.4 is 20.1 Å². The maximum atomic E-state index is 11.7. The Hall–Kier alpha value is -3.20. The molecule has 0 unspecified atom stereocenters. The minimum absolute atomic E-state index is 0.324. The van der Waals surface area contributed by atoms with E-state index in [2.05, 4.69) is 10.6 Å². The molecule has 2 aromatic rings. The third kappa shape index (κ3) is 5.54. The number of urea groups is 1. The molecule has 2 rings (SSSR count). The lowest BCUT2D eigenvalue weighted by atomic mass is 10.2. The van der Waals surface area contributed by atoms with Crippen LogP contribution in [0.1, 0.15) is 12.5 Å². The van der Waals surface area contributed by atoms with E-state index in [4.69, 9.17) is 14.7 Å². The SMILES string of the molecule is CCOc1ccc(OCCNC(=O)Nc2ccc(C#N)cc2)cc1. The van der Waals surface area contributed by atoms with E-state index in [1.807, 2.05) is 37.3 Å². The van der Waals surface area contributed by atoms with Gasteiger partial charge in [0.25, 0.3) is 0 Å². The normalized spacial score (nSPS) is 9.67. The van der Waals surface area contributed by atoms with E-state index in [9.17, 15) is 4.79 Å². The van der Waals surface area contributed by atoms with E-state index >= 15 is 0 Å². The summed E-state index contributed by atoms with van der Waals surface area (Å²) in [5, 5.41) is 14.1. The van der Waals surface area contributed by atoms with Crippen LogP contribution in [-0.4, -0.2) is 25.8 Å². The fourth-order valence-electron chi connectivity index (χ4n) is 1.94. The molecule has 0 bridgehead atoms. The third-order valence-electron chi connectivity index (χ3n) is 3.06. The molecule has 2 amide bonds. The van der Waals surface area contributed by atoms with Crippen molar-refractivity contribution >= 4 is 11.7 Å². The van der Waals surface area contributed by atoms with Crippen molar-refractivity contribution in [2.45, 2.75) is 6.92 Å². The van der Waals surface area contributed by atoms with E-state index < -0.39 is 0 Å². The molecule has 0 fully saturated rings. The van der Waals surface area contributed by atoms with Crippen molar-refractivity contribution < 1.29 is 14.3 Å². The zero-order valence-corrected chi connectivity index (χ0v) is 13.4. The first-order valence-electron chi connectivity index (χ1n) is 7.62. The lowest BCUT2D eigenvalue weighted by Crippen LogP contribution is -2.32. The number of nitrogens with zero attached hydrogens (tertiary/aromatic N) is 1. The van der Waals surface area contributed by atoms with Gasteiger partial charge in [-0.1, -0.05) is 0 Å². The highest BCUT2D eigenvalue weighted by molar-refractivity contribution is 5.89. The predicted octanol–water partition coefficient (Wildman–Crippen LogP) is 3.16. The number of hydrogen-bond acceptors (Lipinski definition) is 4. The van der Waals surface area contributed by atoms with Crippen LogP contribution in [-0.2, 0) is 0 Å². The molecule has 2 aromatic carbocycles. The molecule has 2 N–H and O–H groups in total. The molecule has 0 atom stereocenters. The van der Waals surface area contributed by atoms with Crippen molar-refractivity contribution in [2.24, 2.45) is 0 Å². The topological polar surface area (TPSA) is 83.4 Å². The van der Waals surface area contributed by atoms with Crippen molar-refractivity contribution in [1.29, 1.82) is 5.26 Å². The maximum absolute atomic E-state index is 11.7. The van der Waals surface area contributed by atoms with Crippen molar-refractivity contribution in [1.82, 2.24) is 5.32 Å². The Balaban J connectivity index is 1.67. The summed E-state index contributed by atoms with van der Waals surface area (Å²) in [6.45, 7) is 3.28. The van der Waals surface area contributed by atoms with Crippen molar-refractivity contribution in [3.63, 3.8) is 0 Å². The highest BCUT2D eigenvalue weighted by Crippen LogP contribution is 2.17. The summed E-state index contributed by atoms with van der Waals surface area (Å²) in [6, 6.07) is 15.7. The fraction of sp³-hybridized carbons (Fsp3) is 0.222. The van der Waals surface area contributed by atoms with Crippen LogP contribution in [0.3, 0.4) is 0 Å². The summed E-state index contributed by atoms with van der Waals surface area (Å²) in [5.41, 5.74) is 1.17. The number of rotatable bonds is 7. The van der Waals surface area contributed by atoms with Gasteiger partial charge in [0, 0.05) is 5.69 Å². The summed E-state index contributed by atoms with van der Waals surface area (Å²) in [5.74, 6) is 1.51. The number of anilines is 1. The molecule has 0 aliphatic carbocycles. The number of hydrogen-bond donors (Lipinski definition) is 2. The van der Waals surface area contributed by atoms with E-state index in [1.165, 1.54) is 0 Å². The molecule has 124 valence electrons. The van der Waals surface area contributed by atoms with E-state index in [-0.39, 0.29) is 6.03 Å². The van der Waals surface area contributed by atoms with Gasteiger partial charge in [-0.3, -0.25) is 0 Å². The number of amides is 2. The lowest BCUT2D eigenvalue weighted by Gasteiger charge is -2.10. The number of nitriles is 1. The Morgan fingerprint density at radius 1 is 1.04 bits per heavy atom. The van der Waals surface area contributed by atoms with Gasteiger partial charge in [0.15, 0.2) is 0 Å². The van der Waals surface area contributed by atoms with Crippen LogP contribution in [0.5, 0.6) is 11.5 Å². The molecule has 0 saturated carbocycles. The van der Waals surface area contributed by atoms with E-state index in [0.29, 0.717) is 36.8 Å². The quantitative estimate of drug-likeness (QED) is 0.766. The van der Waals surface area contributed by atoms with Gasteiger partial charge in [-0.25, -0.2) is 4.79 Å². The van der Waals surface area contributed by atoms with Crippen LogP contribution in [0.15, 0.2) is 48.5 Å². The number of carbonyl (C=O) groups excluding carboxylic acids is 1. The number of ether oxygens (including phenoxy) is 2. The number of nitrogens with one attached hydrogen (secondary N) is 2. The maximum Gasteiger partial charge on any atom is 0.319 e. The molecular weight excluding hydrogens is 306 g/mol. The molecule has 0 spiro atoms. The molecule has 0 saturated heterocycles. The molecule has 0 aliphatic rings. The first kappa shape index (κ1) is 17.2. The second kappa shape index (κ2) is 9.06. The molecule has 0 aliphatic heterocycles. The van der Waals surface area contributed by atoms with Crippen molar-refractivity contribution in [3.05, 3.63) is 54.1 Å². The average molecular weight is 325 g/mol. The fourth-order valence-corrected chi connectivity index (χ4v) is 1.94. The number of carbonyl (C=O) groups is 1. The average Bonchev–Trinajstić information content (AvgIpc) is 2.61. The van der Waals surface area contributed by atoms with E-state index in [0.717, 1.165) is 5.75 Å². The Morgan fingerprint density at radius 3 is 2.25 bits per heavy atom. The van der Waals surface area contributed by atoms with Gasteiger partial charge < -0.3 is 20.1 Å². The molecular formula is C18H19N3O3. The minimum atomic E-state index is -0.324. The van der Waals surface area contributed by atoms with Crippen LogP contribution in [0.2, 0.25) is 0 Å². The molecule has 6 nitrogen and oxygen atoms in total. The molecule has 0 heterocycles. The highest BCUT2D eigenvalue weighted by atomic mass is 16.5. The monoisotopic (exact) mass is 325 g/mol. The minimum Gasteiger partial charge on any atom is -0.494 e. The number of benzene rings is 2. The van der Waals surface area contributed by atoms with Crippen LogP contribution in [0.4, 0.5) is 10.5 Å². The van der Waals surface area contributed by atoms with Gasteiger partial charge in [-0.2, -0.15) is 5.26 Å². The largest absolute Gasteiger partial charge is 0.494 e. The lowest BCUT2D eigenvalue weighted by molar-refractivity contribution is 0.247. The smallest absolute Gasteiger partial charge is 0.319 e. The van der Waals surface area contributed by atoms with Gasteiger partial charge in [0.1, 0.15) is 18.1 Å². The zero-order chi connectivity index (χ0) is 17.2. The second-order valence-corrected chi connectivity index (χ2v) is 4.82. The molecule has 0 radical (unpaired) electrons. The van der Waals surface area contributed by atoms with Gasteiger partial charge in [0.05, 0.1) is 24.8 Å². The van der Waals surface area contributed by atoms with Gasteiger partial charge in [-0.15, -0.1) is 0 Å². The van der Waals surface area contributed by atoms with E-state index in [1.54, 1.807) is 24.3 Å². The molecule has 6 heteroatoms. The molecule has 0 aromatic heterocycles. The first-order chi connectivity index (χ1) is 11.7. The summed E-state index contributed by atoms with van der Waals surface area (Å²) in [7, 11) is 0. The molecule has 24 heavy (non-hydrogen) atoms. The van der Waals surface area contributed by atoms with Crippen LogP contribution >= 0.6 is 0 Å². The van der Waals surface area contributed by atoms with Gasteiger partial charge in [0.2, 0.25) is 0 Å². The highest BCUT2D eigenvalue weighted by Gasteiger charge is 2.02. The zero-order valence-electron chi connectivity index (χ0n) is 13.4. The summed E-state index contributed by atoms with van der Waals surface area (Å²) < 4.78 is 10.9. The summed E-state index contributed by atoms with van der Waals surface area (Å²) >= 11 is 0. The third-order valence-corrected chi connectivity index (χ3v) is 3.06. The Kier molecular flexibility index (Phi) is 6.47. The van der Waals surface area contributed by atoms with Crippen molar-refractivity contribution in [3.8, 4) is 17.6 Å². The predicted molar refractivity (Wildman–Crippen MR) is 91.3 cm³/mol. The van der Waals surface area contributed by atoms with Crippen LogP contribution in [0, 0.1) is 11.3 Å². The van der Waals surface area contributed by atoms with Gasteiger partial charge >= 0.3 is 6.03 Å². The standard InChI is InChI=1S/C18H19N3O3/c1-2-23-16-7-9-17(10-8-16)24-12-11-20-18(22)21-15-5-3-14(13-19)4-6-15/h3-10H,2,11-12H2,1H3,(H2,20,21,22). The summed E-state index contributed by atoms with van der Waals surface area (Å²) in [6.07, 6.45) is 0. The Bertz CT molecular complexity index is 691. The summed E-state index contributed by atoms with van der Waals surface area (Å²) in [4.78, 5) is 11.7.